The number of benzene rings is 2. The number of carbonyl (C=O) groups is 2. The predicted octanol–water partition coefficient (Wildman–Crippen LogP) is 4.76. The standard InChI is InChI=1S/C23H25ClFN5O3S/c1-4-33-20-10-18-15(9-19(20)30-21(31)11-26-23(32)13(3)34-5-2)22(28-12-27-18)29-14-6-7-17(25)16(24)8-14/h6-10,12-13H,4-5,11H2,1-3H3,(H,26,32)(H,30,31)(H,27,28,29). The van der Waals surface area contributed by atoms with Gasteiger partial charge < -0.3 is 20.7 Å². The van der Waals surface area contributed by atoms with Crippen LogP contribution in [0.4, 0.5) is 21.6 Å². The second kappa shape index (κ2) is 11.8. The first kappa shape index (κ1) is 25.5. The number of anilines is 3. The zero-order chi connectivity index (χ0) is 24.7. The van der Waals surface area contributed by atoms with Gasteiger partial charge in [-0.25, -0.2) is 14.4 Å². The number of thioether (sulfide) groups is 1. The minimum absolute atomic E-state index is 0.0244. The van der Waals surface area contributed by atoms with Crippen molar-refractivity contribution in [3.05, 3.63) is 47.5 Å². The summed E-state index contributed by atoms with van der Waals surface area (Å²) >= 11 is 7.38. The van der Waals surface area contributed by atoms with E-state index in [0.29, 0.717) is 40.5 Å². The van der Waals surface area contributed by atoms with Crippen molar-refractivity contribution in [3.63, 3.8) is 0 Å². The second-order valence-electron chi connectivity index (χ2n) is 7.14. The van der Waals surface area contributed by atoms with Crippen LogP contribution < -0.4 is 20.7 Å². The lowest BCUT2D eigenvalue weighted by Crippen LogP contribution is -2.37. The van der Waals surface area contributed by atoms with E-state index in [4.69, 9.17) is 16.3 Å². The minimum Gasteiger partial charge on any atom is -0.492 e. The summed E-state index contributed by atoms with van der Waals surface area (Å²) in [5, 5.41) is 8.84. The number of amides is 2. The molecule has 3 rings (SSSR count). The summed E-state index contributed by atoms with van der Waals surface area (Å²) in [6.07, 6.45) is 1.38. The maximum absolute atomic E-state index is 13.5. The van der Waals surface area contributed by atoms with Gasteiger partial charge in [0.15, 0.2) is 0 Å². The number of nitrogens with zero attached hydrogens (tertiary/aromatic N) is 2. The number of rotatable bonds is 10. The van der Waals surface area contributed by atoms with Crippen molar-refractivity contribution >= 4 is 63.3 Å². The average molecular weight is 506 g/mol. The first-order valence-corrected chi connectivity index (χ1v) is 12.1. The fraction of sp³-hybridized carbons (Fsp3) is 0.304. The van der Waals surface area contributed by atoms with Gasteiger partial charge in [-0.15, -0.1) is 11.8 Å². The Balaban J connectivity index is 1.85. The van der Waals surface area contributed by atoms with Crippen molar-refractivity contribution in [2.45, 2.75) is 26.0 Å². The zero-order valence-electron chi connectivity index (χ0n) is 18.9. The summed E-state index contributed by atoms with van der Waals surface area (Å²) in [5.41, 5.74) is 1.51. The van der Waals surface area contributed by atoms with Gasteiger partial charge in [0.25, 0.3) is 0 Å². The molecule has 1 unspecified atom stereocenters. The Labute approximate surface area is 206 Å². The number of halogens is 2. The summed E-state index contributed by atoms with van der Waals surface area (Å²) in [4.78, 5) is 33.2. The minimum atomic E-state index is -0.527. The van der Waals surface area contributed by atoms with Gasteiger partial charge in [0, 0.05) is 17.1 Å². The number of hydrogen-bond acceptors (Lipinski definition) is 7. The van der Waals surface area contributed by atoms with Crippen molar-refractivity contribution < 1.29 is 18.7 Å². The van der Waals surface area contributed by atoms with Crippen LogP contribution >= 0.6 is 23.4 Å². The van der Waals surface area contributed by atoms with Gasteiger partial charge in [-0.3, -0.25) is 9.59 Å². The van der Waals surface area contributed by atoms with Crippen molar-refractivity contribution in [2.75, 3.05) is 29.5 Å². The molecule has 0 fully saturated rings. The third kappa shape index (κ3) is 6.48. The first-order valence-electron chi connectivity index (χ1n) is 10.6. The van der Waals surface area contributed by atoms with Crippen LogP contribution in [-0.4, -0.2) is 45.9 Å². The SMILES string of the molecule is CCOc1cc2ncnc(Nc3ccc(F)c(Cl)c3)c2cc1NC(=O)CNC(=O)C(C)SCC. The molecule has 0 spiro atoms. The molecule has 8 nitrogen and oxygen atoms in total. The summed E-state index contributed by atoms with van der Waals surface area (Å²) in [6.45, 7) is 5.78. The van der Waals surface area contributed by atoms with E-state index in [-0.39, 0.29) is 22.7 Å². The molecule has 1 aromatic heterocycles. The largest absolute Gasteiger partial charge is 0.492 e. The van der Waals surface area contributed by atoms with Crippen LogP contribution in [0.3, 0.4) is 0 Å². The van der Waals surface area contributed by atoms with Crippen molar-refractivity contribution in [1.82, 2.24) is 15.3 Å². The molecule has 0 saturated carbocycles. The fourth-order valence-electron chi connectivity index (χ4n) is 3.10. The Hall–Kier alpha value is -3.11. The van der Waals surface area contributed by atoms with Crippen LogP contribution in [0.25, 0.3) is 10.9 Å². The topological polar surface area (TPSA) is 105 Å². The quantitative estimate of drug-likeness (QED) is 0.365. The van der Waals surface area contributed by atoms with Crippen LogP contribution in [0.1, 0.15) is 20.8 Å². The van der Waals surface area contributed by atoms with E-state index in [9.17, 15) is 14.0 Å². The van der Waals surface area contributed by atoms with Crippen molar-refractivity contribution in [3.8, 4) is 5.75 Å². The maximum atomic E-state index is 13.5. The second-order valence-corrected chi connectivity index (χ2v) is 9.16. The summed E-state index contributed by atoms with van der Waals surface area (Å²) in [7, 11) is 0. The normalized spacial score (nSPS) is 11.7. The molecule has 34 heavy (non-hydrogen) atoms. The highest BCUT2D eigenvalue weighted by atomic mass is 35.5. The highest BCUT2D eigenvalue weighted by Gasteiger charge is 2.16. The van der Waals surface area contributed by atoms with Gasteiger partial charge in [-0.1, -0.05) is 18.5 Å². The zero-order valence-corrected chi connectivity index (χ0v) is 20.5. The number of aromatic nitrogens is 2. The lowest BCUT2D eigenvalue weighted by atomic mass is 10.1. The van der Waals surface area contributed by atoms with Gasteiger partial charge in [0.1, 0.15) is 23.7 Å². The number of hydrogen-bond donors (Lipinski definition) is 3. The summed E-state index contributed by atoms with van der Waals surface area (Å²) < 4.78 is 19.2. The Morgan fingerprint density at radius 2 is 2.00 bits per heavy atom. The van der Waals surface area contributed by atoms with E-state index < -0.39 is 11.7 Å². The van der Waals surface area contributed by atoms with E-state index in [1.54, 1.807) is 19.1 Å². The predicted molar refractivity (Wildman–Crippen MR) is 135 cm³/mol. The number of carbonyl (C=O) groups excluding carboxylic acids is 2. The molecule has 0 radical (unpaired) electrons. The molecule has 1 atom stereocenters. The Bertz CT molecular complexity index is 1200. The molecule has 11 heteroatoms. The molecule has 180 valence electrons. The summed E-state index contributed by atoms with van der Waals surface area (Å²) in [6, 6.07) is 7.61. The van der Waals surface area contributed by atoms with E-state index in [1.165, 1.54) is 36.3 Å². The van der Waals surface area contributed by atoms with Gasteiger partial charge in [-0.2, -0.15) is 0 Å². The van der Waals surface area contributed by atoms with Crippen molar-refractivity contribution in [1.29, 1.82) is 0 Å². The van der Waals surface area contributed by atoms with E-state index >= 15 is 0 Å². The van der Waals surface area contributed by atoms with Gasteiger partial charge in [-0.05, 0) is 43.9 Å². The van der Waals surface area contributed by atoms with Crippen LogP contribution in [0, 0.1) is 5.82 Å². The average Bonchev–Trinajstić information content (AvgIpc) is 2.81. The fourth-order valence-corrected chi connectivity index (χ4v) is 4.01. The highest BCUT2D eigenvalue weighted by molar-refractivity contribution is 8.00. The van der Waals surface area contributed by atoms with Crippen LogP contribution in [0.5, 0.6) is 5.75 Å². The van der Waals surface area contributed by atoms with Crippen LogP contribution in [-0.2, 0) is 9.59 Å². The lowest BCUT2D eigenvalue weighted by Gasteiger charge is -2.15. The van der Waals surface area contributed by atoms with Crippen molar-refractivity contribution in [2.24, 2.45) is 0 Å². The molecular formula is C23H25ClFN5O3S. The Kier molecular flexibility index (Phi) is 8.89. The molecule has 0 aliphatic carbocycles. The smallest absolute Gasteiger partial charge is 0.243 e. The first-order chi connectivity index (χ1) is 16.3. The van der Waals surface area contributed by atoms with E-state index in [0.717, 1.165) is 5.75 Å². The Morgan fingerprint density at radius 3 is 2.71 bits per heavy atom. The number of fused-ring (bicyclic) bond motifs is 1. The molecule has 2 amide bonds. The number of ether oxygens (including phenoxy) is 1. The maximum Gasteiger partial charge on any atom is 0.243 e. The molecule has 0 aliphatic heterocycles. The molecule has 0 bridgehead atoms. The molecule has 0 aliphatic rings. The van der Waals surface area contributed by atoms with Gasteiger partial charge >= 0.3 is 0 Å². The lowest BCUT2D eigenvalue weighted by molar-refractivity contribution is -0.123. The van der Waals surface area contributed by atoms with Gasteiger partial charge in [0.2, 0.25) is 11.8 Å². The molecule has 2 aromatic carbocycles. The van der Waals surface area contributed by atoms with E-state index in [2.05, 4.69) is 25.9 Å². The highest BCUT2D eigenvalue weighted by Crippen LogP contribution is 2.33. The molecule has 1 heterocycles. The molecular weight excluding hydrogens is 481 g/mol. The third-order valence-corrected chi connectivity index (χ3v) is 6.04. The van der Waals surface area contributed by atoms with Crippen LogP contribution in [0.2, 0.25) is 5.02 Å². The van der Waals surface area contributed by atoms with E-state index in [1.807, 2.05) is 13.8 Å². The third-order valence-electron chi connectivity index (χ3n) is 4.70. The molecule has 3 aromatic rings. The Morgan fingerprint density at radius 1 is 1.21 bits per heavy atom. The molecule has 3 N–H and O–H groups in total. The van der Waals surface area contributed by atoms with Gasteiger partial charge in [0.05, 0.1) is 34.6 Å². The number of nitrogens with one attached hydrogen (secondary N) is 3. The monoisotopic (exact) mass is 505 g/mol. The summed E-state index contributed by atoms with van der Waals surface area (Å²) in [5.74, 6) is 0.533. The van der Waals surface area contributed by atoms with Crippen LogP contribution in [0.15, 0.2) is 36.7 Å². The molecule has 0 saturated heterocycles.